The molecule has 0 radical (unpaired) electrons. The third-order valence-electron chi connectivity index (χ3n) is 4.91. The molecule has 2 aliphatic rings. The zero-order valence-electron chi connectivity index (χ0n) is 13.7. The van der Waals surface area contributed by atoms with E-state index in [-0.39, 0.29) is 22.7 Å². The zero-order valence-corrected chi connectivity index (χ0v) is 14.5. The van der Waals surface area contributed by atoms with Gasteiger partial charge in [-0.05, 0) is 24.8 Å². The second kappa shape index (κ2) is 6.78. The number of morpholine rings is 1. The Morgan fingerprint density at radius 1 is 1.33 bits per heavy atom. The molecular weight excluding hydrogens is 332 g/mol. The van der Waals surface area contributed by atoms with Crippen LogP contribution in [0, 0.1) is 10.1 Å². The Kier molecular flexibility index (Phi) is 4.89. The summed E-state index contributed by atoms with van der Waals surface area (Å²) in [5.41, 5.74) is 0.415. The van der Waals surface area contributed by atoms with Crippen LogP contribution in [0.25, 0.3) is 0 Å². The molecule has 1 saturated carbocycles. The Bertz CT molecular complexity index is 732. The van der Waals surface area contributed by atoms with Crippen LogP contribution >= 0.6 is 0 Å². The fraction of sp³-hybridized carbons (Fsp3) is 0.625. The fourth-order valence-electron chi connectivity index (χ4n) is 3.67. The van der Waals surface area contributed by atoms with E-state index in [1.165, 1.54) is 16.4 Å². The van der Waals surface area contributed by atoms with Crippen molar-refractivity contribution in [2.45, 2.75) is 56.1 Å². The van der Waals surface area contributed by atoms with E-state index in [1.807, 2.05) is 6.92 Å². The van der Waals surface area contributed by atoms with Crippen LogP contribution in [0.15, 0.2) is 23.1 Å². The lowest BCUT2D eigenvalue weighted by Crippen LogP contribution is -2.54. The second-order valence-corrected chi connectivity index (χ2v) is 8.14. The summed E-state index contributed by atoms with van der Waals surface area (Å²) >= 11 is 0. The van der Waals surface area contributed by atoms with Crippen molar-refractivity contribution in [1.82, 2.24) is 4.31 Å². The summed E-state index contributed by atoms with van der Waals surface area (Å²) in [5, 5.41) is 11.1. The van der Waals surface area contributed by atoms with Gasteiger partial charge in [-0.3, -0.25) is 10.1 Å². The van der Waals surface area contributed by atoms with Crippen LogP contribution in [0.1, 0.15) is 38.2 Å². The standard InChI is InChI=1S/C16H22N2O5S/c1-2-12-7-8-13(18(19)20)11-16(12)24(21,22)17-9-10-23-15-6-4-3-5-14(15)17/h7-8,11,14-15H,2-6,9-10H2,1H3. The highest BCUT2D eigenvalue weighted by atomic mass is 32.2. The summed E-state index contributed by atoms with van der Waals surface area (Å²) < 4.78 is 33.7. The first kappa shape index (κ1) is 17.3. The third kappa shape index (κ3) is 3.05. The number of hydrogen-bond acceptors (Lipinski definition) is 5. The van der Waals surface area contributed by atoms with Gasteiger partial charge in [0, 0.05) is 18.7 Å². The van der Waals surface area contributed by atoms with E-state index in [1.54, 1.807) is 6.07 Å². The molecule has 0 bridgehead atoms. The minimum atomic E-state index is -3.78. The molecule has 1 aromatic carbocycles. The van der Waals surface area contributed by atoms with E-state index in [4.69, 9.17) is 4.74 Å². The first-order valence-corrected chi connectivity index (χ1v) is 9.80. The third-order valence-corrected chi connectivity index (χ3v) is 6.92. The largest absolute Gasteiger partial charge is 0.375 e. The van der Waals surface area contributed by atoms with Crippen molar-refractivity contribution in [3.8, 4) is 0 Å². The van der Waals surface area contributed by atoms with Crippen molar-refractivity contribution in [2.75, 3.05) is 13.2 Å². The number of fused-ring (bicyclic) bond motifs is 1. The average Bonchev–Trinajstić information content (AvgIpc) is 2.60. The Labute approximate surface area is 141 Å². The molecule has 24 heavy (non-hydrogen) atoms. The highest BCUT2D eigenvalue weighted by molar-refractivity contribution is 7.89. The molecule has 132 valence electrons. The molecule has 2 unspecified atom stereocenters. The molecular formula is C16H22N2O5S. The molecule has 0 N–H and O–H groups in total. The monoisotopic (exact) mass is 354 g/mol. The van der Waals surface area contributed by atoms with Gasteiger partial charge in [0.15, 0.2) is 0 Å². The van der Waals surface area contributed by atoms with Crippen LogP contribution in [-0.2, 0) is 21.2 Å². The quantitative estimate of drug-likeness (QED) is 0.612. The van der Waals surface area contributed by atoms with Crippen molar-refractivity contribution in [3.63, 3.8) is 0 Å². The van der Waals surface area contributed by atoms with Crippen molar-refractivity contribution in [2.24, 2.45) is 0 Å². The highest BCUT2D eigenvalue weighted by Gasteiger charge is 2.41. The van der Waals surface area contributed by atoms with Gasteiger partial charge in [-0.25, -0.2) is 8.42 Å². The molecule has 1 aliphatic heterocycles. The summed E-state index contributed by atoms with van der Waals surface area (Å²) in [6.45, 7) is 2.52. The van der Waals surface area contributed by atoms with Crippen molar-refractivity contribution < 1.29 is 18.1 Å². The van der Waals surface area contributed by atoms with Crippen LogP contribution in [0.3, 0.4) is 0 Å². The molecule has 1 heterocycles. The van der Waals surface area contributed by atoms with Crippen LogP contribution < -0.4 is 0 Å². The molecule has 8 heteroatoms. The Morgan fingerprint density at radius 2 is 2.08 bits per heavy atom. The van der Waals surface area contributed by atoms with E-state index in [9.17, 15) is 18.5 Å². The van der Waals surface area contributed by atoms with Gasteiger partial charge in [-0.15, -0.1) is 0 Å². The fourth-order valence-corrected chi connectivity index (χ4v) is 5.65. The van der Waals surface area contributed by atoms with Gasteiger partial charge in [-0.1, -0.05) is 25.8 Å². The molecule has 1 aliphatic carbocycles. The molecule has 2 atom stereocenters. The molecule has 0 spiro atoms. The SMILES string of the molecule is CCc1ccc([N+](=O)[O-])cc1S(=O)(=O)N1CCOC2CCCCC21. The lowest BCUT2D eigenvalue weighted by atomic mass is 9.91. The van der Waals surface area contributed by atoms with Gasteiger partial charge in [-0.2, -0.15) is 4.31 Å². The second-order valence-electron chi connectivity index (χ2n) is 6.28. The number of nitro groups is 1. The van der Waals surface area contributed by atoms with E-state index in [0.717, 1.165) is 25.7 Å². The number of non-ortho nitro benzene ring substituents is 1. The number of ether oxygens (including phenoxy) is 1. The molecule has 1 saturated heterocycles. The number of hydrogen-bond donors (Lipinski definition) is 0. The minimum Gasteiger partial charge on any atom is -0.375 e. The molecule has 3 rings (SSSR count). The summed E-state index contributed by atoms with van der Waals surface area (Å²) in [6.07, 6.45) is 4.11. The number of rotatable bonds is 4. The number of aryl methyl sites for hydroxylation is 1. The maximum atomic E-state index is 13.2. The lowest BCUT2D eigenvalue weighted by Gasteiger charge is -2.42. The molecule has 7 nitrogen and oxygen atoms in total. The summed E-state index contributed by atoms with van der Waals surface area (Å²) in [6, 6.07) is 3.94. The number of sulfonamides is 1. The molecule has 1 aromatic rings. The summed E-state index contributed by atoms with van der Waals surface area (Å²) in [7, 11) is -3.78. The molecule has 2 fully saturated rings. The van der Waals surface area contributed by atoms with Gasteiger partial charge in [0.05, 0.1) is 28.6 Å². The summed E-state index contributed by atoms with van der Waals surface area (Å²) in [5.74, 6) is 0. The molecule has 0 aromatic heterocycles. The van der Waals surface area contributed by atoms with Crippen molar-refractivity contribution in [1.29, 1.82) is 0 Å². The first-order chi connectivity index (χ1) is 11.4. The van der Waals surface area contributed by atoms with Crippen LogP contribution in [0.2, 0.25) is 0 Å². The van der Waals surface area contributed by atoms with Gasteiger partial charge in [0.1, 0.15) is 0 Å². The van der Waals surface area contributed by atoms with Crippen LogP contribution in [0.4, 0.5) is 5.69 Å². The zero-order chi connectivity index (χ0) is 17.3. The van der Waals surface area contributed by atoms with Gasteiger partial charge < -0.3 is 4.74 Å². The summed E-state index contributed by atoms with van der Waals surface area (Å²) in [4.78, 5) is 10.6. The Morgan fingerprint density at radius 3 is 2.79 bits per heavy atom. The highest BCUT2D eigenvalue weighted by Crippen LogP contribution is 2.34. The Hall–Kier alpha value is -1.51. The maximum absolute atomic E-state index is 13.2. The molecule has 0 amide bonds. The van der Waals surface area contributed by atoms with Gasteiger partial charge >= 0.3 is 0 Å². The maximum Gasteiger partial charge on any atom is 0.270 e. The number of benzene rings is 1. The normalized spacial score (nSPS) is 25.2. The smallest absolute Gasteiger partial charge is 0.270 e. The number of nitro benzene ring substituents is 1. The van der Waals surface area contributed by atoms with Gasteiger partial charge in [0.25, 0.3) is 5.69 Å². The minimum absolute atomic E-state index is 0.0606. The van der Waals surface area contributed by atoms with E-state index >= 15 is 0 Å². The first-order valence-electron chi connectivity index (χ1n) is 8.36. The van der Waals surface area contributed by atoms with Gasteiger partial charge in [0.2, 0.25) is 10.0 Å². The topological polar surface area (TPSA) is 89.8 Å². The number of nitrogens with zero attached hydrogens (tertiary/aromatic N) is 2. The average molecular weight is 354 g/mol. The van der Waals surface area contributed by atoms with E-state index in [2.05, 4.69) is 0 Å². The van der Waals surface area contributed by atoms with E-state index in [0.29, 0.717) is 25.1 Å². The Balaban J connectivity index is 2.03. The predicted octanol–water partition coefficient (Wildman–Crippen LogP) is 2.49. The predicted molar refractivity (Wildman–Crippen MR) is 88.4 cm³/mol. The van der Waals surface area contributed by atoms with Crippen molar-refractivity contribution in [3.05, 3.63) is 33.9 Å². The van der Waals surface area contributed by atoms with E-state index < -0.39 is 14.9 Å². The van der Waals surface area contributed by atoms with Crippen LogP contribution in [0.5, 0.6) is 0 Å². The van der Waals surface area contributed by atoms with Crippen molar-refractivity contribution >= 4 is 15.7 Å². The van der Waals surface area contributed by atoms with Crippen LogP contribution in [-0.4, -0.2) is 42.9 Å². The lowest BCUT2D eigenvalue weighted by molar-refractivity contribution is -0.385.